The number of carbonyl (C=O) groups excluding carboxylic acids is 2. The van der Waals surface area contributed by atoms with E-state index in [4.69, 9.17) is 39.5 Å². The monoisotopic (exact) mass is 563 g/mol. The van der Waals surface area contributed by atoms with Crippen molar-refractivity contribution in [1.82, 2.24) is 10.2 Å². The fraction of sp³-hybridized carbons (Fsp3) is 0.391. The van der Waals surface area contributed by atoms with Crippen LogP contribution in [0.4, 0.5) is 5.69 Å². The lowest BCUT2D eigenvalue weighted by Gasteiger charge is -2.32. The summed E-state index contributed by atoms with van der Waals surface area (Å²) in [5.74, 6) is -0.661. The van der Waals surface area contributed by atoms with E-state index in [1.165, 1.54) is 30.2 Å². The highest BCUT2D eigenvalue weighted by Crippen LogP contribution is 2.31. The second kappa shape index (κ2) is 12.7. The molecule has 192 valence electrons. The number of hydrogen-bond donors (Lipinski definition) is 1. The molecule has 8 nitrogen and oxygen atoms in total. The van der Waals surface area contributed by atoms with Crippen LogP contribution in [-0.4, -0.2) is 57.6 Å². The van der Waals surface area contributed by atoms with Crippen LogP contribution in [0.15, 0.2) is 36.4 Å². The van der Waals surface area contributed by atoms with Crippen LogP contribution >= 0.6 is 34.8 Å². The molecule has 0 fully saturated rings. The fourth-order valence-corrected chi connectivity index (χ4v) is 4.87. The molecular weight excluding hydrogens is 537 g/mol. The summed E-state index contributed by atoms with van der Waals surface area (Å²) in [4.78, 5) is 27.5. The molecule has 35 heavy (non-hydrogen) atoms. The standard InChI is InChI=1S/C23H28Cl3N3O5S/c1-5-11-27-23(31)15(2)28(13-17-18(24)7-6-8-19(17)25)22(30)14-29(35(4,32)33)16-9-10-21(34-3)20(26)12-16/h6-10,12,15H,5,11,13-14H2,1-4H3,(H,27,31)/t15-/m1/s1. The van der Waals surface area contributed by atoms with E-state index in [1.54, 1.807) is 25.1 Å². The zero-order chi connectivity index (χ0) is 26.3. The van der Waals surface area contributed by atoms with Crippen molar-refractivity contribution in [2.75, 3.05) is 30.8 Å². The second-order valence-corrected chi connectivity index (χ2v) is 10.9. The summed E-state index contributed by atoms with van der Waals surface area (Å²) in [6.07, 6.45) is 1.69. The van der Waals surface area contributed by atoms with Gasteiger partial charge in [0.2, 0.25) is 21.8 Å². The highest BCUT2D eigenvalue weighted by Gasteiger charge is 2.31. The molecule has 2 amide bonds. The lowest BCUT2D eigenvalue weighted by molar-refractivity contribution is -0.139. The normalized spacial score (nSPS) is 12.1. The van der Waals surface area contributed by atoms with Gasteiger partial charge in [-0.1, -0.05) is 47.8 Å². The lowest BCUT2D eigenvalue weighted by atomic mass is 10.1. The first-order chi connectivity index (χ1) is 16.4. The van der Waals surface area contributed by atoms with Crippen molar-refractivity contribution < 1.29 is 22.7 Å². The van der Waals surface area contributed by atoms with Crippen molar-refractivity contribution in [1.29, 1.82) is 0 Å². The van der Waals surface area contributed by atoms with Crippen LogP contribution in [-0.2, 0) is 26.2 Å². The Kier molecular flexibility index (Phi) is 10.5. The van der Waals surface area contributed by atoms with E-state index in [0.29, 0.717) is 34.3 Å². The Morgan fingerprint density at radius 3 is 2.23 bits per heavy atom. The Morgan fingerprint density at radius 2 is 1.71 bits per heavy atom. The van der Waals surface area contributed by atoms with Crippen LogP contribution < -0.4 is 14.4 Å². The molecule has 0 radical (unpaired) electrons. The van der Waals surface area contributed by atoms with E-state index in [2.05, 4.69) is 5.32 Å². The van der Waals surface area contributed by atoms with Gasteiger partial charge in [-0.2, -0.15) is 0 Å². The van der Waals surface area contributed by atoms with Gasteiger partial charge in [-0.25, -0.2) is 8.42 Å². The molecule has 0 aliphatic rings. The van der Waals surface area contributed by atoms with Crippen LogP contribution in [0.25, 0.3) is 0 Å². The van der Waals surface area contributed by atoms with E-state index in [-0.39, 0.29) is 23.2 Å². The van der Waals surface area contributed by atoms with Gasteiger partial charge in [-0.05, 0) is 43.7 Å². The maximum atomic E-state index is 13.5. The molecule has 1 N–H and O–H groups in total. The average Bonchev–Trinajstić information content (AvgIpc) is 2.79. The molecule has 0 aliphatic carbocycles. The number of benzene rings is 2. The number of carbonyl (C=O) groups is 2. The minimum atomic E-state index is -3.90. The molecule has 0 saturated heterocycles. The number of anilines is 1. The minimum Gasteiger partial charge on any atom is -0.495 e. The number of hydrogen-bond acceptors (Lipinski definition) is 5. The van der Waals surface area contributed by atoms with E-state index in [9.17, 15) is 18.0 Å². The molecule has 1 atom stereocenters. The maximum absolute atomic E-state index is 13.5. The highest BCUT2D eigenvalue weighted by molar-refractivity contribution is 7.92. The van der Waals surface area contributed by atoms with Crippen LogP contribution in [0.5, 0.6) is 5.75 Å². The van der Waals surface area contributed by atoms with E-state index >= 15 is 0 Å². The molecule has 0 unspecified atom stereocenters. The SMILES string of the molecule is CCCNC(=O)[C@@H](C)N(Cc1c(Cl)cccc1Cl)C(=O)CN(c1ccc(OC)c(Cl)c1)S(C)(=O)=O. The molecule has 0 bridgehead atoms. The van der Waals surface area contributed by atoms with Gasteiger partial charge in [0.1, 0.15) is 18.3 Å². The van der Waals surface area contributed by atoms with E-state index in [0.717, 1.165) is 10.6 Å². The van der Waals surface area contributed by atoms with E-state index in [1.807, 2.05) is 6.92 Å². The highest BCUT2D eigenvalue weighted by atomic mass is 35.5. The van der Waals surface area contributed by atoms with Crippen molar-refractivity contribution in [2.24, 2.45) is 0 Å². The number of halogens is 3. The summed E-state index contributed by atoms with van der Waals surface area (Å²) in [5, 5.41) is 3.57. The minimum absolute atomic E-state index is 0.0982. The van der Waals surface area contributed by atoms with Gasteiger partial charge in [0.05, 0.1) is 24.1 Å². The lowest BCUT2D eigenvalue weighted by Crippen LogP contribution is -2.51. The Labute approximate surface area is 221 Å². The molecule has 0 heterocycles. The van der Waals surface area contributed by atoms with Crippen LogP contribution in [0.1, 0.15) is 25.8 Å². The van der Waals surface area contributed by atoms with Gasteiger partial charge in [-0.15, -0.1) is 0 Å². The van der Waals surface area contributed by atoms with Crippen molar-refractivity contribution in [2.45, 2.75) is 32.9 Å². The average molecular weight is 565 g/mol. The quantitative estimate of drug-likeness (QED) is 0.437. The predicted octanol–water partition coefficient (Wildman–Crippen LogP) is 4.36. The number of ether oxygens (including phenoxy) is 1. The van der Waals surface area contributed by atoms with Gasteiger partial charge in [0.25, 0.3) is 0 Å². The molecule has 12 heteroatoms. The third-order valence-electron chi connectivity index (χ3n) is 5.21. The number of nitrogens with zero attached hydrogens (tertiary/aromatic N) is 2. The third-order valence-corrected chi connectivity index (χ3v) is 7.35. The Balaban J connectivity index is 2.46. The fourth-order valence-electron chi connectivity index (χ4n) is 3.26. The van der Waals surface area contributed by atoms with Crippen molar-refractivity contribution in [3.05, 3.63) is 57.0 Å². The molecule has 2 rings (SSSR count). The number of sulfonamides is 1. The summed E-state index contributed by atoms with van der Waals surface area (Å²) < 4.78 is 31.3. The summed E-state index contributed by atoms with van der Waals surface area (Å²) in [6, 6.07) is 8.35. The summed E-state index contributed by atoms with van der Waals surface area (Å²) in [7, 11) is -2.47. The first kappa shape index (κ1) is 29.0. The molecule has 0 spiro atoms. The summed E-state index contributed by atoms with van der Waals surface area (Å²) in [6.45, 7) is 3.22. The largest absolute Gasteiger partial charge is 0.495 e. The number of rotatable bonds is 11. The molecule has 2 aromatic rings. The molecule has 2 aromatic carbocycles. The van der Waals surface area contributed by atoms with Crippen LogP contribution in [0, 0.1) is 0 Å². The zero-order valence-electron chi connectivity index (χ0n) is 19.8. The van der Waals surface area contributed by atoms with Crippen molar-refractivity contribution in [3.63, 3.8) is 0 Å². The zero-order valence-corrected chi connectivity index (χ0v) is 22.9. The number of amides is 2. The van der Waals surface area contributed by atoms with Gasteiger partial charge >= 0.3 is 0 Å². The van der Waals surface area contributed by atoms with Gasteiger partial charge in [0.15, 0.2) is 0 Å². The molecule has 0 saturated carbocycles. The van der Waals surface area contributed by atoms with Gasteiger partial charge in [-0.3, -0.25) is 13.9 Å². The topological polar surface area (TPSA) is 96.0 Å². The summed E-state index contributed by atoms with van der Waals surface area (Å²) in [5.41, 5.74) is 0.614. The number of nitrogens with one attached hydrogen (secondary N) is 1. The Bertz CT molecular complexity index is 1160. The van der Waals surface area contributed by atoms with Gasteiger partial charge in [0, 0.05) is 28.7 Å². The summed E-state index contributed by atoms with van der Waals surface area (Å²) >= 11 is 18.8. The van der Waals surface area contributed by atoms with Crippen molar-refractivity contribution in [3.8, 4) is 5.75 Å². The Hall–Kier alpha value is -2.20. The smallest absolute Gasteiger partial charge is 0.244 e. The maximum Gasteiger partial charge on any atom is 0.244 e. The van der Waals surface area contributed by atoms with Crippen molar-refractivity contribution >= 4 is 62.3 Å². The first-order valence-corrected chi connectivity index (χ1v) is 13.7. The van der Waals surface area contributed by atoms with Crippen LogP contribution in [0.3, 0.4) is 0 Å². The van der Waals surface area contributed by atoms with E-state index < -0.39 is 28.5 Å². The third kappa shape index (κ3) is 7.64. The molecule has 0 aromatic heterocycles. The number of methoxy groups -OCH3 is 1. The van der Waals surface area contributed by atoms with Crippen LogP contribution in [0.2, 0.25) is 15.1 Å². The Morgan fingerprint density at radius 1 is 1.09 bits per heavy atom. The molecular formula is C23H28Cl3N3O5S. The molecule has 0 aliphatic heterocycles. The predicted molar refractivity (Wildman–Crippen MR) is 140 cm³/mol. The first-order valence-electron chi connectivity index (χ1n) is 10.7. The second-order valence-electron chi connectivity index (χ2n) is 7.78. The van der Waals surface area contributed by atoms with Gasteiger partial charge < -0.3 is 15.0 Å².